The Hall–Kier alpha value is -1.59. The van der Waals surface area contributed by atoms with Crippen LogP contribution in [0.4, 0.5) is 5.69 Å². The second kappa shape index (κ2) is 5.81. The Morgan fingerprint density at radius 3 is 2.60 bits per heavy atom. The number of benzene rings is 1. The van der Waals surface area contributed by atoms with Gasteiger partial charge < -0.3 is 0 Å². The lowest BCUT2D eigenvalue weighted by atomic mass is 10.0. The van der Waals surface area contributed by atoms with Crippen molar-refractivity contribution in [3.05, 3.63) is 53.3 Å². The molecule has 0 aliphatic heterocycles. The van der Waals surface area contributed by atoms with E-state index in [2.05, 4.69) is 9.71 Å². The van der Waals surface area contributed by atoms with Gasteiger partial charge in [0.05, 0.1) is 0 Å². The minimum absolute atomic E-state index is 0.0309. The molecule has 2 aromatic rings. The van der Waals surface area contributed by atoms with E-state index < -0.39 is 10.0 Å². The zero-order valence-electron chi connectivity index (χ0n) is 11.2. The summed E-state index contributed by atoms with van der Waals surface area (Å²) in [6.07, 6.45) is 1.45. The van der Waals surface area contributed by atoms with Crippen molar-refractivity contribution in [1.29, 1.82) is 0 Å². The van der Waals surface area contributed by atoms with Crippen LogP contribution in [0.15, 0.2) is 47.5 Å². The van der Waals surface area contributed by atoms with E-state index in [4.69, 9.17) is 11.6 Å². The Bertz CT molecular complexity index is 715. The van der Waals surface area contributed by atoms with Gasteiger partial charge in [0, 0.05) is 11.9 Å². The molecule has 0 aliphatic carbocycles. The maximum Gasteiger partial charge on any atom is 0.264 e. The first-order valence-corrected chi connectivity index (χ1v) is 7.99. The number of hydrogen-bond donors (Lipinski definition) is 1. The van der Waals surface area contributed by atoms with Crippen molar-refractivity contribution in [3.63, 3.8) is 0 Å². The van der Waals surface area contributed by atoms with E-state index in [0.717, 1.165) is 5.56 Å². The highest BCUT2D eigenvalue weighted by molar-refractivity contribution is 7.92. The van der Waals surface area contributed by atoms with Crippen LogP contribution in [0, 0.1) is 0 Å². The summed E-state index contributed by atoms with van der Waals surface area (Å²) in [4.78, 5) is 3.75. The van der Waals surface area contributed by atoms with Crippen LogP contribution in [0.5, 0.6) is 0 Å². The van der Waals surface area contributed by atoms with Crippen molar-refractivity contribution in [1.82, 2.24) is 4.98 Å². The molecule has 20 heavy (non-hydrogen) atoms. The smallest absolute Gasteiger partial charge is 0.264 e. The van der Waals surface area contributed by atoms with Crippen molar-refractivity contribution in [2.24, 2.45) is 0 Å². The average Bonchev–Trinajstić information content (AvgIpc) is 2.38. The summed E-state index contributed by atoms with van der Waals surface area (Å²) in [5, 5.41) is -0.0417. The number of nitrogens with one attached hydrogen (secondary N) is 1. The molecule has 6 heteroatoms. The third-order valence-electron chi connectivity index (χ3n) is 2.82. The largest absolute Gasteiger partial charge is 0.280 e. The molecule has 0 spiro atoms. The topological polar surface area (TPSA) is 59.1 Å². The Labute approximate surface area is 123 Å². The first-order valence-electron chi connectivity index (χ1n) is 6.13. The van der Waals surface area contributed by atoms with E-state index in [-0.39, 0.29) is 10.0 Å². The number of aromatic nitrogens is 1. The van der Waals surface area contributed by atoms with Crippen molar-refractivity contribution in [2.45, 2.75) is 24.7 Å². The standard InChI is InChI=1S/C14H15ClN2O2S/c1-10(2)11-5-3-6-12(9-11)17-20(18,19)13-7-4-8-16-14(13)15/h3-10,17H,1-2H3. The van der Waals surface area contributed by atoms with Crippen LogP contribution >= 0.6 is 11.6 Å². The van der Waals surface area contributed by atoms with Gasteiger partial charge in [-0.15, -0.1) is 0 Å². The summed E-state index contributed by atoms with van der Waals surface area (Å²) >= 11 is 5.83. The average molecular weight is 311 g/mol. The van der Waals surface area contributed by atoms with Crippen LogP contribution in [-0.2, 0) is 10.0 Å². The molecule has 1 aromatic heterocycles. The van der Waals surface area contributed by atoms with Gasteiger partial charge in [-0.25, -0.2) is 13.4 Å². The second-order valence-electron chi connectivity index (χ2n) is 4.68. The van der Waals surface area contributed by atoms with Crippen molar-refractivity contribution in [2.75, 3.05) is 4.72 Å². The van der Waals surface area contributed by atoms with E-state index in [9.17, 15) is 8.42 Å². The fourth-order valence-electron chi connectivity index (χ4n) is 1.74. The molecule has 0 atom stereocenters. The number of sulfonamides is 1. The van der Waals surface area contributed by atoms with Gasteiger partial charge in [-0.1, -0.05) is 37.6 Å². The summed E-state index contributed by atoms with van der Waals surface area (Å²) in [5.41, 5.74) is 1.57. The first kappa shape index (κ1) is 14.8. The van der Waals surface area contributed by atoms with Crippen LogP contribution in [0.1, 0.15) is 25.3 Å². The summed E-state index contributed by atoms with van der Waals surface area (Å²) < 4.78 is 27.1. The van der Waals surface area contributed by atoms with Crippen LogP contribution < -0.4 is 4.72 Å². The predicted octanol–water partition coefficient (Wildman–Crippen LogP) is 3.66. The third kappa shape index (κ3) is 3.29. The van der Waals surface area contributed by atoms with Crippen molar-refractivity contribution in [3.8, 4) is 0 Å². The normalized spacial score (nSPS) is 11.6. The maximum atomic E-state index is 12.3. The number of anilines is 1. The van der Waals surface area contributed by atoms with E-state index in [1.807, 2.05) is 32.0 Å². The van der Waals surface area contributed by atoms with Gasteiger partial charge in [0.1, 0.15) is 10.0 Å². The zero-order valence-corrected chi connectivity index (χ0v) is 12.7. The van der Waals surface area contributed by atoms with Gasteiger partial charge in [0.15, 0.2) is 0 Å². The predicted molar refractivity (Wildman–Crippen MR) is 80.6 cm³/mol. The fraction of sp³-hybridized carbons (Fsp3) is 0.214. The molecule has 0 fully saturated rings. The van der Waals surface area contributed by atoms with Crippen LogP contribution in [0.2, 0.25) is 5.15 Å². The molecule has 106 valence electrons. The third-order valence-corrected chi connectivity index (χ3v) is 4.65. The highest BCUT2D eigenvalue weighted by Crippen LogP contribution is 2.23. The molecular weight excluding hydrogens is 296 g/mol. The minimum Gasteiger partial charge on any atom is -0.280 e. The molecule has 1 heterocycles. The highest BCUT2D eigenvalue weighted by Gasteiger charge is 2.18. The molecule has 4 nitrogen and oxygen atoms in total. The lowest BCUT2D eigenvalue weighted by Crippen LogP contribution is -2.14. The van der Waals surface area contributed by atoms with Gasteiger partial charge in [0.25, 0.3) is 10.0 Å². The Morgan fingerprint density at radius 1 is 1.20 bits per heavy atom. The summed E-state index contributed by atoms with van der Waals surface area (Å²) in [5.74, 6) is 0.321. The van der Waals surface area contributed by atoms with E-state index >= 15 is 0 Å². The molecule has 0 unspecified atom stereocenters. The van der Waals surface area contributed by atoms with Crippen molar-refractivity contribution >= 4 is 27.3 Å². The van der Waals surface area contributed by atoms with Crippen LogP contribution in [0.25, 0.3) is 0 Å². The zero-order chi connectivity index (χ0) is 14.8. The van der Waals surface area contributed by atoms with Gasteiger partial charge in [-0.2, -0.15) is 0 Å². The van der Waals surface area contributed by atoms with Gasteiger partial charge in [-0.3, -0.25) is 4.72 Å². The number of nitrogens with zero attached hydrogens (tertiary/aromatic N) is 1. The number of rotatable bonds is 4. The second-order valence-corrected chi connectivity index (χ2v) is 6.69. The monoisotopic (exact) mass is 310 g/mol. The molecule has 1 aromatic carbocycles. The molecule has 0 bridgehead atoms. The SMILES string of the molecule is CC(C)c1cccc(NS(=O)(=O)c2cccnc2Cl)c1. The molecule has 1 N–H and O–H groups in total. The molecule has 0 amide bonds. The fourth-order valence-corrected chi connectivity index (χ4v) is 3.25. The van der Waals surface area contributed by atoms with E-state index in [0.29, 0.717) is 11.6 Å². The Kier molecular flexibility index (Phi) is 4.30. The van der Waals surface area contributed by atoms with Crippen LogP contribution in [0.3, 0.4) is 0 Å². The molecule has 2 rings (SSSR count). The molecular formula is C14H15ClN2O2S. The first-order chi connectivity index (χ1) is 9.40. The quantitative estimate of drug-likeness (QED) is 0.877. The van der Waals surface area contributed by atoms with E-state index in [1.165, 1.54) is 18.3 Å². The van der Waals surface area contributed by atoms with E-state index in [1.54, 1.807) is 6.07 Å². The Morgan fingerprint density at radius 2 is 1.95 bits per heavy atom. The molecule has 0 radical (unpaired) electrons. The summed E-state index contributed by atoms with van der Waals surface area (Å²) in [7, 11) is -3.73. The van der Waals surface area contributed by atoms with Crippen LogP contribution in [-0.4, -0.2) is 13.4 Å². The molecule has 0 saturated heterocycles. The lowest BCUT2D eigenvalue weighted by Gasteiger charge is -2.11. The number of halogens is 1. The number of hydrogen-bond acceptors (Lipinski definition) is 3. The Balaban J connectivity index is 2.34. The van der Waals surface area contributed by atoms with Gasteiger partial charge in [0.2, 0.25) is 0 Å². The minimum atomic E-state index is -3.73. The van der Waals surface area contributed by atoms with Crippen molar-refractivity contribution < 1.29 is 8.42 Å². The van der Waals surface area contributed by atoms with Gasteiger partial charge in [-0.05, 0) is 35.7 Å². The van der Waals surface area contributed by atoms with Gasteiger partial charge >= 0.3 is 0 Å². The lowest BCUT2D eigenvalue weighted by molar-refractivity contribution is 0.601. The maximum absolute atomic E-state index is 12.3. The summed E-state index contributed by atoms with van der Waals surface area (Å²) in [6, 6.07) is 10.2. The molecule has 0 aliphatic rings. The number of pyridine rings is 1. The molecule has 0 saturated carbocycles. The highest BCUT2D eigenvalue weighted by atomic mass is 35.5. The summed E-state index contributed by atoms with van der Waals surface area (Å²) in [6.45, 7) is 4.09.